The van der Waals surface area contributed by atoms with E-state index in [0.717, 1.165) is 0 Å². The first-order chi connectivity index (χ1) is 7.05. The van der Waals surface area contributed by atoms with Gasteiger partial charge in [0.1, 0.15) is 0 Å². The lowest BCUT2D eigenvalue weighted by molar-refractivity contribution is 0.0289. The first-order valence-corrected chi connectivity index (χ1v) is 6.25. The molecule has 0 saturated heterocycles. The zero-order valence-corrected chi connectivity index (χ0v) is 12.1. The van der Waals surface area contributed by atoms with Gasteiger partial charge in [0.2, 0.25) is 0 Å². The maximum absolute atomic E-state index is 4.48. The molecule has 3 heteroatoms. The van der Waals surface area contributed by atoms with Gasteiger partial charge in [-0.15, -0.1) is 0 Å². The summed E-state index contributed by atoms with van der Waals surface area (Å²) in [5.41, 5.74) is 0.247. The van der Waals surface area contributed by atoms with Gasteiger partial charge in [-0.1, -0.05) is 39.8 Å². The van der Waals surface area contributed by atoms with Crippen molar-refractivity contribution in [2.24, 2.45) is 21.7 Å². The summed E-state index contributed by atoms with van der Waals surface area (Å²) in [6, 6.07) is 0.715. The van der Waals surface area contributed by atoms with Gasteiger partial charge in [-0.25, -0.2) is 0 Å². The van der Waals surface area contributed by atoms with Gasteiger partial charge in [0.25, 0.3) is 0 Å². The molecule has 16 heavy (non-hydrogen) atoms. The zero-order valence-electron chi connectivity index (χ0n) is 12.1. The first-order valence-electron chi connectivity index (χ1n) is 6.25. The fourth-order valence-corrected chi connectivity index (χ4v) is 2.31. The van der Waals surface area contributed by atoms with Gasteiger partial charge < -0.3 is 0 Å². The van der Waals surface area contributed by atoms with Gasteiger partial charge in [-0.3, -0.25) is 5.01 Å². The smallest absolute Gasteiger partial charge is 0.0977 e. The summed E-state index contributed by atoms with van der Waals surface area (Å²) in [6.45, 7) is 17.9. The molecule has 1 aliphatic heterocycles. The quantitative estimate of drug-likeness (QED) is 0.665. The fourth-order valence-electron chi connectivity index (χ4n) is 2.31. The summed E-state index contributed by atoms with van der Waals surface area (Å²) in [4.78, 5) is 0. The predicted molar refractivity (Wildman–Crippen MR) is 68.3 cm³/mol. The fraction of sp³-hybridized carbons (Fsp3) is 1.00. The molecular formula is C13H27N3. The van der Waals surface area contributed by atoms with E-state index in [1.807, 2.05) is 0 Å². The number of hydrogen-bond donors (Lipinski definition) is 0. The van der Waals surface area contributed by atoms with Gasteiger partial charge in [-0.05, 0) is 32.1 Å². The van der Waals surface area contributed by atoms with E-state index >= 15 is 0 Å². The minimum atomic E-state index is 0.0467. The van der Waals surface area contributed by atoms with E-state index in [1.165, 1.54) is 0 Å². The Balaban J connectivity index is 3.03. The van der Waals surface area contributed by atoms with E-state index < -0.39 is 0 Å². The van der Waals surface area contributed by atoms with Crippen LogP contribution < -0.4 is 0 Å². The highest BCUT2D eigenvalue weighted by molar-refractivity contribution is 4.99. The molecule has 0 amide bonds. The minimum Gasteiger partial charge on any atom is -0.268 e. The average molecular weight is 225 g/mol. The molecule has 1 aliphatic rings. The van der Waals surface area contributed by atoms with Crippen LogP contribution in [-0.4, -0.2) is 22.6 Å². The van der Waals surface area contributed by atoms with Crippen LogP contribution in [0, 0.1) is 11.3 Å². The van der Waals surface area contributed by atoms with E-state index in [0.29, 0.717) is 18.0 Å². The minimum absolute atomic E-state index is 0.0467. The van der Waals surface area contributed by atoms with Crippen molar-refractivity contribution < 1.29 is 0 Å². The third-order valence-electron chi connectivity index (χ3n) is 3.13. The average Bonchev–Trinajstić information content (AvgIpc) is 2.43. The van der Waals surface area contributed by atoms with Crippen molar-refractivity contribution in [2.45, 2.75) is 73.0 Å². The second-order valence-electron chi connectivity index (χ2n) is 7.27. The van der Waals surface area contributed by atoms with Crippen molar-refractivity contribution in [3.05, 3.63) is 0 Å². The Morgan fingerprint density at radius 3 is 1.81 bits per heavy atom. The van der Waals surface area contributed by atoms with E-state index in [-0.39, 0.29) is 11.0 Å². The van der Waals surface area contributed by atoms with E-state index in [4.69, 9.17) is 0 Å². The van der Waals surface area contributed by atoms with Crippen LogP contribution in [0.3, 0.4) is 0 Å². The van der Waals surface area contributed by atoms with Crippen LogP contribution in [0.15, 0.2) is 10.3 Å². The molecule has 2 unspecified atom stereocenters. The van der Waals surface area contributed by atoms with Gasteiger partial charge in [0.15, 0.2) is 0 Å². The van der Waals surface area contributed by atoms with Gasteiger partial charge in [-0.2, -0.15) is 5.11 Å². The summed E-state index contributed by atoms with van der Waals surface area (Å²) >= 11 is 0. The van der Waals surface area contributed by atoms with Crippen molar-refractivity contribution in [2.75, 3.05) is 0 Å². The number of hydrogen-bond acceptors (Lipinski definition) is 3. The van der Waals surface area contributed by atoms with Crippen LogP contribution in [0.25, 0.3) is 0 Å². The van der Waals surface area contributed by atoms with Gasteiger partial charge in [0.05, 0.1) is 17.6 Å². The van der Waals surface area contributed by atoms with E-state index in [9.17, 15) is 0 Å². The highest BCUT2D eigenvalue weighted by atomic mass is 15.6. The summed E-state index contributed by atoms with van der Waals surface area (Å²) in [5.74, 6) is 0.542. The topological polar surface area (TPSA) is 28.0 Å². The van der Waals surface area contributed by atoms with Crippen molar-refractivity contribution in [3.8, 4) is 0 Å². The van der Waals surface area contributed by atoms with Gasteiger partial charge >= 0.3 is 0 Å². The monoisotopic (exact) mass is 225 g/mol. The molecule has 2 atom stereocenters. The van der Waals surface area contributed by atoms with Crippen molar-refractivity contribution in [1.82, 2.24) is 5.01 Å². The number of nitrogens with zero attached hydrogens (tertiary/aromatic N) is 3. The third kappa shape index (κ3) is 2.55. The van der Waals surface area contributed by atoms with Crippen molar-refractivity contribution in [3.63, 3.8) is 0 Å². The molecule has 0 spiro atoms. The molecule has 1 heterocycles. The molecule has 3 nitrogen and oxygen atoms in total. The molecule has 0 aromatic heterocycles. The Morgan fingerprint density at radius 2 is 1.50 bits per heavy atom. The molecule has 0 aromatic carbocycles. The summed E-state index contributed by atoms with van der Waals surface area (Å²) in [6.07, 6.45) is 0. The number of rotatable bonds is 1. The van der Waals surface area contributed by atoms with Crippen LogP contribution in [0.1, 0.15) is 55.4 Å². The molecule has 0 aliphatic carbocycles. The highest BCUT2D eigenvalue weighted by Crippen LogP contribution is 2.39. The summed E-state index contributed by atoms with van der Waals surface area (Å²) in [7, 11) is 0. The van der Waals surface area contributed by atoms with Crippen LogP contribution in [0.5, 0.6) is 0 Å². The van der Waals surface area contributed by atoms with Crippen LogP contribution in [0.2, 0.25) is 0 Å². The van der Waals surface area contributed by atoms with E-state index in [1.54, 1.807) is 0 Å². The molecule has 0 saturated carbocycles. The lowest BCUT2D eigenvalue weighted by Gasteiger charge is -2.43. The highest BCUT2D eigenvalue weighted by Gasteiger charge is 2.45. The van der Waals surface area contributed by atoms with Crippen molar-refractivity contribution >= 4 is 0 Å². The molecule has 0 aromatic rings. The SMILES string of the molecule is CC(C)C1N=NN(C(C)(C)C)C1C(C)(C)C. The van der Waals surface area contributed by atoms with Crippen LogP contribution in [0.4, 0.5) is 0 Å². The maximum Gasteiger partial charge on any atom is 0.0977 e. The predicted octanol–water partition coefficient (Wildman–Crippen LogP) is 3.91. The molecule has 0 radical (unpaired) electrons. The lowest BCUT2D eigenvalue weighted by atomic mass is 9.77. The molecule has 0 N–H and O–H groups in total. The summed E-state index contributed by atoms with van der Waals surface area (Å²) in [5, 5.41) is 11.1. The Hall–Kier alpha value is -0.600. The second kappa shape index (κ2) is 4.01. The largest absolute Gasteiger partial charge is 0.268 e. The molecule has 1 rings (SSSR count). The van der Waals surface area contributed by atoms with Crippen LogP contribution in [-0.2, 0) is 0 Å². The Kier molecular flexibility index (Phi) is 3.37. The van der Waals surface area contributed by atoms with E-state index in [2.05, 4.69) is 70.7 Å². The molecular weight excluding hydrogens is 198 g/mol. The Bertz CT molecular complexity index is 268. The second-order valence-corrected chi connectivity index (χ2v) is 7.27. The summed E-state index contributed by atoms with van der Waals surface area (Å²) < 4.78 is 0. The molecule has 0 fully saturated rings. The standard InChI is InChI=1S/C13H27N3/c1-9(2)10-11(12(3,4)5)16(15-14-10)13(6,7)8/h9-11H,1-8H3. The normalized spacial score (nSPS) is 26.9. The van der Waals surface area contributed by atoms with Gasteiger partial charge in [0, 0.05) is 0 Å². The Labute approximate surface area is 100 Å². The molecule has 0 bridgehead atoms. The van der Waals surface area contributed by atoms with Crippen LogP contribution >= 0.6 is 0 Å². The van der Waals surface area contributed by atoms with Crippen molar-refractivity contribution in [1.29, 1.82) is 0 Å². The lowest BCUT2D eigenvalue weighted by Crippen LogP contribution is -2.53. The first kappa shape index (κ1) is 13.5. The maximum atomic E-state index is 4.48. The third-order valence-corrected chi connectivity index (χ3v) is 3.13. The molecule has 94 valence electrons. The Morgan fingerprint density at radius 1 is 1.00 bits per heavy atom. The zero-order chi connectivity index (χ0) is 12.7.